The van der Waals surface area contributed by atoms with Crippen LogP contribution in [-0.4, -0.2) is 23.3 Å². The van der Waals surface area contributed by atoms with E-state index in [2.05, 4.69) is 5.32 Å². The second kappa shape index (κ2) is 4.37. The summed E-state index contributed by atoms with van der Waals surface area (Å²) in [5.41, 5.74) is 0.940. The van der Waals surface area contributed by atoms with Crippen LogP contribution >= 0.6 is 23.2 Å². The van der Waals surface area contributed by atoms with Crippen molar-refractivity contribution in [1.29, 1.82) is 0 Å². The van der Waals surface area contributed by atoms with Crippen LogP contribution in [0, 0.1) is 0 Å². The van der Waals surface area contributed by atoms with Gasteiger partial charge >= 0.3 is 6.09 Å². The molecule has 1 aromatic carbocycles. The lowest BCUT2D eigenvalue weighted by Gasteiger charge is -2.10. The molecule has 1 N–H and O–H groups in total. The summed E-state index contributed by atoms with van der Waals surface area (Å²) in [5, 5.41) is 4.78. The fourth-order valence-electron chi connectivity index (χ4n) is 2.13. The van der Waals surface area contributed by atoms with E-state index in [9.17, 15) is 4.79 Å². The highest BCUT2D eigenvalue weighted by molar-refractivity contribution is 6.38. The average molecular weight is 285 g/mol. The number of carbonyl (C=O) groups excluding carboxylic acids is 1. The summed E-state index contributed by atoms with van der Waals surface area (Å²) >= 11 is 12.1. The van der Waals surface area contributed by atoms with Crippen LogP contribution in [0.5, 0.6) is 0 Å². The maximum absolute atomic E-state index is 11.0. The van der Waals surface area contributed by atoms with E-state index in [4.69, 9.17) is 27.9 Å². The van der Waals surface area contributed by atoms with E-state index in [1.54, 1.807) is 6.07 Å². The Balaban J connectivity index is 1.95. The topological polar surface area (TPSA) is 43.3 Å². The van der Waals surface area contributed by atoms with E-state index < -0.39 is 0 Å². The standard InChI is InChI=1S/C12H10Cl2N2O2/c13-7-3-10(14)9-1-2-16(11(9)4-7)6-8-5-15-12(17)18-8/h1-4,8H,5-6H2,(H,15,17). The van der Waals surface area contributed by atoms with Crippen molar-refractivity contribution in [2.24, 2.45) is 0 Å². The number of nitrogens with one attached hydrogen (secondary N) is 1. The molecule has 0 spiro atoms. The molecule has 0 bridgehead atoms. The second-order valence-corrected chi connectivity index (χ2v) is 5.04. The van der Waals surface area contributed by atoms with Crippen LogP contribution in [0.4, 0.5) is 4.79 Å². The molecule has 94 valence electrons. The first-order valence-electron chi connectivity index (χ1n) is 5.52. The van der Waals surface area contributed by atoms with Gasteiger partial charge in [-0.1, -0.05) is 23.2 Å². The SMILES string of the molecule is O=C1NCC(Cn2ccc3c(Cl)cc(Cl)cc32)O1. The van der Waals surface area contributed by atoms with Gasteiger partial charge < -0.3 is 14.6 Å². The number of ether oxygens (including phenoxy) is 1. The van der Waals surface area contributed by atoms with Gasteiger partial charge in [0, 0.05) is 16.6 Å². The number of halogens is 2. The van der Waals surface area contributed by atoms with Gasteiger partial charge in [-0.3, -0.25) is 0 Å². The smallest absolute Gasteiger partial charge is 0.407 e. The third-order valence-electron chi connectivity index (χ3n) is 2.95. The predicted molar refractivity (Wildman–Crippen MR) is 70.2 cm³/mol. The number of hydrogen-bond acceptors (Lipinski definition) is 2. The minimum absolute atomic E-state index is 0.161. The molecule has 0 radical (unpaired) electrons. The van der Waals surface area contributed by atoms with Gasteiger partial charge in [0.2, 0.25) is 0 Å². The number of fused-ring (bicyclic) bond motifs is 1. The Hall–Kier alpha value is -1.39. The van der Waals surface area contributed by atoms with Crippen molar-refractivity contribution in [1.82, 2.24) is 9.88 Å². The molecular weight excluding hydrogens is 275 g/mol. The maximum atomic E-state index is 11.0. The molecule has 1 atom stereocenters. The Bertz CT molecular complexity index is 624. The fraction of sp³-hybridized carbons (Fsp3) is 0.250. The molecule has 3 rings (SSSR count). The highest BCUT2D eigenvalue weighted by atomic mass is 35.5. The lowest BCUT2D eigenvalue weighted by Crippen LogP contribution is -2.20. The van der Waals surface area contributed by atoms with Gasteiger partial charge in [0.15, 0.2) is 0 Å². The summed E-state index contributed by atoms with van der Waals surface area (Å²) in [7, 11) is 0. The van der Waals surface area contributed by atoms with Crippen molar-refractivity contribution < 1.29 is 9.53 Å². The van der Waals surface area contributed by atoms with Gasteiger partial charge in [-0.25, -0.2) is 4.79 Å². The molecule has 0 aliphatic carbocycles. The van der Waals surface area contributed by atoms with Crippen LogP contribution in [0.15, 0.2) is 24.4 Å². The number of aromatic nitrogens is 1. The second-order valence-electron chi connectivity index (χ2n) is 4.20. The predicted octanol–water partition coefficient (Wildman–Crippen LogP) is 3.06. The number of nitrogens with zero attached hydrogens (tertiary/aromatic N) is 1. The van der Waals surface area contributed by atoms with Crippen LogP contribution in [0.3, 0.4) is 0 Å². The van der Waals surface area contributed by atoms with Crippen molar-refractivity contribution in [2.45, 2.75) is 12.6 Å². The molecule has 1 aliphatic rings. The summed E-state index contributed by atoms with van der Waals surface area (Å²) in [4.78, 5) is 11.0. The van der Waals surface area contributed by atoms with Gasteiger partial charge in [0.1, 0.15) is 6.10 Å². The highest BCUT2D eigenvalue weighted by Crippen LogP contribution is 2.29. The van der Waals surface area contributed by atoms with E-state index in [-0.39, 0.29) is 12.2 Å². The normalized spacial score (nSPS) is 19.0. The van der Waals surface area contributed by atoms with Gasteiger partial charge in [-0.15, -0.1) is 0 Å². The molecule has 1 fully saturated rings. The van der Waals surface area contributed by atoms with Crippen LogP contribution in [0.2, 0.25) is 10.0 Å². The first-order chi connectivity index (χ1) is 8.63. The molecule has 1 amide bonds. The summed E-state index contributed by atoms with van der Waals surface area (Å²) in [6.07, 6.45) is 1.39. The van der Waals surface area contributed by atoms with Crippen LogP contribution < -0.4 is 5.32 Å². The molecule has 18 heavy (non-hydrogen) atoms. The molecule has 4 nitrogen and oxygen atoms in total. The number of carbonyl (C=O) groups is 1. The molecule has 1 aliphatic heterocycles. The largest absolute Gasteiger partial charge is 0.442 e. The monoisotopic (exact) mass is 284 g/mol. The van der Waals surface area contributed by atoms with Crippen molar-refractivity contribution in [3.63, 3.8) is 0 Å². The zero-order valence-electron chi connectivity index (χ0n) is 9.32. The van der Waals surface area contributed by atoms with E-state index in [1.165, 1.54) is 0 Å². The highest BCUT2D eigenvalue weighted by Gasteiger charge is 2.23. The maximum Gasteiger partial charge on any atom is 0.407 e. The van der Waals surface area contributed by atoms with Gasteiger partial charge in [0.05, 0.1) is 23.6 Å². The Morgan fingerprint density at radius 1 is 1.44 bits per heavy atom. The van der Waals surface area contributed by atoms with E-state index in [0.29, 0.717) is 23.1 Å². The number of amides is 1. The molecule has 6 heteroatoms. The summed E-state index contributed by atoms with van der Waals surface area (Å²) < 4.78 is 7.09. The number of benzene rings is 1. The summed E-state index contributed by atoms with van der Waals surface area (Å²) in [6.45, 7) is 1.10. The number of rotatable bonds is 2. The lowest BCUT2D eigenvalue weighted by molar-refractivity contribution is 0.131. The first kappa shape index (κ1) is 11.7. The number of alkyl carbamates (subject to hydrolysis) is 1. The van der Waals surface area contributed by atoms with Crippen LogP contribution in [0.1, 0.15) is 0 Å². The Labute approximate surface area is 113 Å². The molecule has 2 aromatic rings. The molecule has 0 saturated carbocycles. The van der Waals surface area contributed by atoms with Gasteiger partial charge in [0.25, 0.3) is 0 Å². The van der Waals surface area contributed by atoms with Crippen molar-refractivity contribution >= 4 is 40.2 Å². The Morgan fingerprint density at radius 3 is 3.00 bits per heavy atom. The average Bonchev–Trinajstić information content (AvgIpc) is 2.87. The van der Waals surface area contributed by atoms with Crippen LogP contribution in [0.25, 0.3) is 10.9 Å². The number of hydrogen-bond donors (Lipinski definition) is 1. The van der Waals surface area contributed by atoms with E-state index in [1.807, 2.05) is 22.9 Å². The van der Waals surface area contributed by atoms with Crippen molar-refractivity contribution in [3.05, 3.63) is 34.4 Å². The first-order valence-corrected chi connectivity index (χ1v) is 6.27. The third-order valence-corrected chi connectivity index (χ3v) is 3.48. The summed E-state index contributed by atoms with van der Waals surface area (Å²) in [5.74, 6) is 0. The quantitative estimate of drug-likeness (QED) is 0.921. The minimum atomic E-state index is -0.368. The minimum Gasteiger partial charge on any atom is -0.442 e. The zero-order valence-corrected chi connectivity index (χ0v) is 10.8. The molecule has 1 saturated heterocycles. The van der Waals surface area contributed by atoms with E-state index in [0.717, 1.165) is 10.9 Å². The number of cyclic esters (lactones) is 1. The zero-order chi connectivity index (χ0) is 12.7. The third kappa shape index (κ3) is 2.02. The molecule has 1 aromatic heterocycles. The van der Waals surface area contributed by atoms with Crippen molar-refractivity contribution in [2.75, 3.05) is 6.54 Å². The molecular formula is C12H10Cl2N2O2. The van der Waals surface area contributed by atoms with Gasteiger partial charge in [-0.2, -0.15) is 0 Å². The fourth-order valence-corrected chi connectivity index (χ4v) is 2.68. The lowest BCUT2D eigenvalue weighted by atomic mass is 10.2. The Morgan fingerprint density at radius 2 is 2.28 bits per heavy atom. The van der Waals surface area contributed by atoms with Crippen LogP contribution in [-0.2, 0) is 11.3 Å². The van der Waals surface area contributed by atoms with Crippen molar-refractivity contribution in [3.8, 4) is 0 Å². The molecule has 2 heterocycles. The summed E-state index contributed by atoms with van der Waals surface area (Å²) in [6, 6.07) is 5.50. The molecule has 1 unspecified atom stereocenters. The Kier molecular flexibility index (Phi) is 2.84. The van der Waals surface area contributed by atoms with Gasteiger partial charge in [-0.05, 0) is 18.2 Å². The van der Waals surface area contributed by atoms with E-state index >= 15 is 0 Å².